The van der Waals surface area contributed by atoms with Crippen LogP contribution >= 0.6 is 0 Å². The largest absolute Gasteiger partial charge is 0.384 e. The zero-order chi connectivity index (χ0) is 14.7. The summed E-state index contributed by atoms with van der Waals surface area (Å²) >= 11 is 0. The lowest BCUT2D eigenvalue weighted by Gasteiger charge is -2.34. The van der Waals surface area contributed by atoms with E-state index in [4.69, 9.17) is 15.2 Å². The Labute approximate surface area is 123 Å². The van der Waals surface area contributed by atoms with Gasteiger partial charge in [0.2, 0.25) is 0 Å². The van der Waals surface area contributed by atoms with Crippen molar-refractivity contribution in [1.29, 1.82) is 0 Å². The van der Waals surface area contributed by atoms with Gasteiger partial charge >= 0.3 is 0 Å². The topological polar surface area (TPSA) is 89.7 Å². The molecule has 2 saturated heterocycles. The maximum atomic E-state index is 12.2. The van der Waals surface area contributed by atoms with Gasteiger partial charge in [0.15, 0.2) is 0 Å². The van der Waals surface area contributed by atoms with Crippen molar-refractivity contribution in [3.8, 4) is 0 Å². The van der Waals surface area contributed by atoms with E-state index < -0.39 is 0 Å². The van der Waals surface area contributed by atoms with Crippen molar-refractivity contribution in [2.75, 3.05) is 45.3 Å². The van der Waals surface area contributed by atoms with E-state index in [1.807, 2.05) is 0 Å². The SMILES string of the molecule is Nc1ccc(C(=O)N[C@@H]2COC[C@H]2N2CCOCC2)cn1. The molecule has 3 rings (SSSR count). The highest BCUT2D eigenvalue weighted by atomic mass is 16.5. The molecular formula is C14H20N4O3. The normalized spacial score (nSPS) is 26.7. The Kier molecular flexibility index (Phi) is 4.33. The van der Waals surface area contributed by atoms with Crippen molar-refractivity contribution < 1.29 is 14.3 Å². The summed E-state index contributed by atoms with van der Waals surface area (Å²) in [5, 5.41) is 3.03. The minimum Gasteiger partial charge on any atom is -0.384 e. The van der Waals surface area contributed by atoms with Gasteiger partial charge in [-0.05, 0) is 12.1 Å². The summed E-state index contributed by atoms with van der Waals surface area (Å²) in [5.41, 5.74) is 6.04. The lowest BCUT2D eigenvalue weighted by atomic mass is 10.1. The molecule has 0 spiro atoms. The molecule has 0 aliphatic carbocycles. The molecular weight excluding hydrogens is 272 g/mol. The molecule has 2 aliphatic heterocycles. The number of pyridine rings is 1. The minimum atomic E-state index is -0.142. The van der Waals surface area contributed by atoms with Gasteiger partial charge in [0.25, 0.3) is 5.91 Å². The van der Waals surface area contributed by atoms with Crippen molar-refractivity contribution in [2.45, 2.75) is 12.1 Å². The first-order chi connectivity index (χ1) is 10.2. The Balaban J connectivity index is 1.62. The van der Waals surface area contributed by atoms with Crippen LogP contribution in [-0.2, 0) is 9.47 Å². The van der Waals surface area contributed by atoms with Crippen LogP contribution in [0.25, 0.3) is 0 Å². The van der Waals surface area contributed by atoms with Crippen LogP contribution in [0.3, 0.4) is 0 Å². The van der Waals surface area contributed by atoms with E-state index in [2.05, 4.69) is 15.2 Å². The molecule has 7 heteroatoms. The van der Waals surface area contributed by atoms with Gasteiger partial charge in [0.1, 0.15) is 5.82 Å². The third kappa shape index (κ3) is 3.31. The highest BCUT2D eigenvalue weighted by Gasteiger charge is 2.34. The molecule has 3 N–H and O–H groups in total. The highest BCUT2D eigenvalue weighted by Crippen LogP contribution is 2.15. The lowest BCUT2D eigenvalue weighted by molar-refractivity contribution is 0.0108. The number of rotatable bonds is 3. The quantitative estimate of drug-likeness (QED) is 0.780. The molecule has 114 valence electrons. The van der Waals surface area contributed by atoms with Gasteiger partial charge in [-0.15, -0.1) is 0 Å². The minimum absolute atomic E-state index is 0.00634. The maximum absolute atomic E-state index is 12.2. The Morgan fingerprint density at radius 3 is 2.81 bits per heavy atom. The third-order valence-electron chi connectivity index (χ3n) is 3.93. The van der Waals surface area contributed by atoms with Gasteiger partial charge in [-0.2, -0.15) is 0 Å². The van der Waals surface area contributed by atoms with Crippen LogP contribution in [-0.4, -0.2) is 67.4 Å². The lowest BCUT2D eigenvalue weighted by Crippen LogP contribution is -2.54. The fourth-order valence-corrected chi connectivity index (χ4v) is 2.74. The molecule has 0 bridgehead atoms. The van der Waals surface area contributed by atoms with E-state index in [1.54, 1.807) is 12.1 Å². The second kappa shape index (κ2) is 6.38. The summed E-state index contributed by atoms with van der Waals surface area (Å²) in [6, 6.07) is 3.50. The van der Waals surface area contributed by atoms with Crippen LogP contribution in [0, 0.1) is 0 Å². The molecule has 2 fully saturated rings. The molecule has 0 aromatic carbocycles. The van der Waals surface area contributed by atoms with Crippen LogP contribution in [0.5, 0.6) is 0 Å². The number of morpholine rings is 1. The van der Waals surface area contributed by atoms with Gasteiger partial charge in [0.05, 0.1) is 44.1 Å². The molecule has 3 heterocycles. The Bertz CT molecular complexity index is 487. The van der Waals surface area contributed by atoms with Crippen LogP contribution in [0.4, 0.5) is 5.82 Å². The zero-order valence-electron chi connectivity index (χ0n) is 11.8. The number of amides is 1. The molecule has 21 heavy (non-hydrogen) atoms. The molecule has 1 aromatic rings. The molecule has 0 saturated carbocycles. The summed E-state index contributed by atoms with van der Waals surface area (Å²) in [4.78, 5) is 18.5. The van der Waals surface area contributed by atoms with E-state index in [-0.39, 0.29) is 18.0 Å². The summed E-state index contributed by atoms with van der Waals surface area (Å²) < 4.78 is 10.9. The number of carbonyl (C=O) groups is 1. The van der Waals surface area contributed by atoms with Crippen LogP contribution in [0.15, 0.2) is 18.3 Å². The Hall–Kier alpha value is -1.70. The predicted octanol–water partition coefficient (Wildman–Crippen LogP) is -0.507. The second-order valence-corrected chi connectivity index (χ2v) is 5.30. The smallest absolute Gasteiger partial charge is 0.253 e. The van der Waals surface area contributed by atoms with Gasteiger partial charge in [-0.25, -0.2) is 4.98 Å². The second-order valence-electron chi connectivity index (χ2n) is 5.30. The van der Waals surface area contributed by atoms with E-state index in [0.717, 1.165) is 26.3 Å². The van der Waals surface area contributed by atoms with Gasteiger partial charge < -0.3 is 20.5 Å². The monoisotopic (exact) mass is 292 g/mol. The number of nitrogen functional groups attached to an aromatic ring is 1. The van der Waals surface area contributed by atoms with E-state index in [9.17, 15) is 4.79 Å². The van der Waals surface area contributed by atoms with E-state index >= 15 is 0 Å². The summed E-state index contributed by atoms with van der Waals surface area (Å²) in [5.74, 6) is 0.262. The Morgan fingerprint density at radius 2 is 2.10 bits per heavy atom. The standard InChI is InChI=1S/C14H20N4O3/c15-13-2-1-10(7-16-13)14(19)17-11-8-21-9-12(11)18-3-5-20-6-4-18/h1-2,7,11-12H,3-6,8-9H2,(H2,15,16)(H,17,19)/t11-,12-/m1/s1. The van der Waals surface area contributed by atoms with E-state index in [0.29, 0.717) is 24.6 Å². The molecule has 2 atom stereocenters. The first kappa shape index (κ1) is 14.2. The number of nitrogens with zero attached hydrogens (tertiary/aromatic N) is 2. The number of hydrogen-bond acceptors (Lipinski definition) is 6. The van der Waals surface area contributed by atoms with E-state index in [1.165, 1.54) is 6.20 Å². The first-order valence-electron chi connectivity index (χ1n) is 7.16. The molecule has 0 radical (unpaired) electrons. The molecule has 2 aliphatic rings. The fraction of sp³-hybridized carbons (Fsp3) is 0.571. The number of nitrogens with two attached hydrogens (primary N) is 1. The van der Waals surface area contributed by atoms with Gasteiger partial charge in [0, 0.05) is 19.3 Å². The number of carbonyl (C=O) groups excluding carboxylic acids is 1. The van der Waals surface area contributed by atoms with Crippen molar-refractivity contribution in [3.05, 3.63) is 23.9 Å². The van der Waals surface area contributed by atoms with Crippen molar-refractivity contribution >= 4 is 11.7 Å². The van der Waals surface area contributed by atoms with Crippen molar-refractivity contribution in [3.63, 3.8) is 0 Å². The molecule has 1 aromatic heterocycles. The number of hydrogen-bond donors (Lipinski definition) is 2. The first-order valence-corrected chi connectivity index (χ1v) is 7.16. The fourth-order valence-electron chi connectivity index (χ4n) is 2.74. The summed E-state index contributed by atoms with van der Waals surface area (Å²) in [6.45, 7) is 4.41. The zero-order valence-corrected chi connectivity index (χ0v) is 11.8. The molecule has 7 nitrogen and oxygen atoms in total. The predicted molar refractivity (Wildman–Crippen MR) is 76.9 cm³/mol. The number of aromatic nitrogens is 1. The average Bonchev–Trinajstić information content (AvgIpc) is 2.97. The van der Waals surface area contributed by atoms with Crippen LogP contribution in [0.2, 0.25) is 0 Å². The maximum Gasteiger partial charge on any atom is 0.253 e. The highest BCUT2D eigenvalue weighted by molar-refractivity contribution is 5.94. The van der Waals surface area contributed by atoms with Crippen LogP contribution < -0.4 is 11.1 Å². The van der Waals surface area contributed by atoms with Crippen LogP contribution in [0.1, 0.15) is 10.4 Å². The summed E-state index contributed by atoms with van der Waals surface area (Å²) in [6.07, 6.45) is 1.49. The number of ether oxygens (including phenoxy) is 2. The average molecular weight is 292 g/mol. The van der Waals surface area contributed by atoms with Gasteiger partial charge in [-0.1, -0.05) is 0 Å². The third-order valence-corrected chi connectivity index (χ3v) is 3.93. The van der Waals surface area contributed by atoms with Crippen molar-refractivity contribution in [2.24, 2.45) is 0 Å². The Morgan fingerprint density at radius 1 is 1.29 bits per heavy atom. The molecule has 0 unspecified atom stereocenters. The summed E-state index contributed by atoms with van der Waals surface area (Å²) in [7, 11) is 0. The van der Waals surface area contributed by atoms with Gasteiger partial charge in [-0.3, -0.25) is 9.69 Å². The van der Waals surface area contributed by atoms with Crippen molar-refractivity contribution in [1.82, 2.24) is 15.2 Å². The number of anilines is 1. The number of nitrogens with one attached hydrogen (secondary N) is 1. The molecule has 1 amide bonds.